The van der Waals surface area contributed by atoms with Gasteiger partial charge in [-0.15, -0.1) is 0 Å². The first-order valence-electron chi connectivity index (χ1n) is 16.6. The normalized spacial score (nSPS) is 13.4. The third-order valence-electron chi connectivity index (χ3n) is 8.85. The zero-order valence-corrected chi connectivity index (χ0v) is 37.0. The Morgan fingerprint density at radius 3 is 0.736 bits per heavy atom. The van der Waals surface area contributed by atoms with Crippen LogP contribution in [-0.4, -0.2) is 79.4 Å². The summed E-state index contributed by atoms with van der Waals surface area (Å²) in [5.41, 5.74) is 3.43. The molecule has 14 nitrogen and oxygen atoms in total. The van der Waals surface area contributed by atoms with Crippen LogP contribution in [0.15, 0.2) is 24.3 Å². The topological polar surface area (TPSA) is 261 Å². The molecule has 0 aliphatic heterocycles. The van der Waals surface area contributed by atoms with Crippen molar-refractivity contribution in [3.8, 4) is 0 Å². The van der Waals surface area contributed by atoms with Crippen molar-refractivity contribution in [2.75, 3.05) is 19.8 Å². The number of rotatable bonds is 10. The first-order valence-corrected chi connectivity index (χ1v) is 21.3. The second-order valence-corrected chi connectivity index (χ2v) is 20.4. The number of aliphatic hydroxyl groups excluding tert-OH is 3. The SMILES string of the molecule is Cc1c(C(C)(C)C)cc(C(O)(c2cc(C(C)(C)C)c(C)c(C(C)(C)C)c2)C(CO)(CO)CO)cc1C(C)(C)C.OP(O)OP(O)O.OP(O)OP(O)O. The van der Waals surface area contributed by atoms with E-state index in [0.717, 1.165) is 22.3 Å². The van der Waals surface area contributed by atoms with E-state index >= 15 is 0 Å². The average molecular weight is 833 g/mol. The highest BCUT2D eigenvalue weighted by Crippen LogP contribution is 2.50. The van der Waals surface area contributed by atoms with Crippen LogP contribution in [0.1, 0.15) is 128 Å². The first-order chi connectivity index (χ1) is 23.7. The molecule has 0 aromatic heterocycles. The van der Waals surface area contributed by atoms with Gasteiger partial charge in [-0.3, -0.25) is 0 Å². The van der Waals surface area contributed by atoms with Crippen LogP contribution in [0.5, 0.6) is 0 Å². The molecule has 308 valence electrons. The molecule has 0 saturated heterocycles. The molecule has 0 atom stereocenters. The lowest BCUT2D eigenvalue weighted by Gasteiger charge is -2.47. The molecular weight excluding hydrogens is 768 g/mol. The molecule has 2 rings (SSSR count). The summed E-state index contributed by atoms with van der Waals surface area (Å²) in [4.78, 5) is 62.5. The molecule has 0 bridgehead atoms. The molecule has 0 spiro atoms. The molecule has 18 heteroatoms. The lowest BCUT2D eigenvalue weighted by molar-refractivity contribution is -0.136. The summed E-state index contributed by atoms with van der Waals surface area (Å²) in [6, 6.07) is 8.09. The first kappa shape index (κ1) is 52.6. The van der Waals surface area contributed by atoms with Gasteiger partial charge in [0.25, 0.3) is 0 Å². The quantitative estimate of drug-likeness (QED) is 0.131. The van der Waals surface area contributed by atoms with Gasteiger partial charge in [-0.05, 0) is 80.0 Å². The van der Waals surface area contributed by atoms with Gasteiger partial charge in [-0.1, -0.05) is 107 Å². The van der Waals surface area contributed by atoms with Gasteiger partial charge >= 0.3 is 34.4 Å². The van der Waals surface area contributed by atoms with E-state index in [0.29, 0.717) is 11.1 Å². The molecule has 0 unspecified atom stereocenters. The van der Waals surface area contributed by atoms with Crippen LogP contribution in [0.3, 0.4) is 0 Å². The lowest BCUT2D eigenvalue weighted by Crippen LogP contribution is -2.54. The van der Waals surface area contributed by atoms with E-state index in [1.807, 2.05) is 24.3 Å². The van der Waals surface area contributed by atoms with E-state index in [2.05, 4.69) is 106 Å². The summed E-state index contributed by atoms with van der Waals surface area (Å²) >= 11 is 0. The predicted octanol–water partition coefficient (Wildman–Crippen LogP) is 5.54. The van der Waals surface area contributed by atoms with Crippen molar-refractivity contribution in [2.45, 2.75) is 124 Å². The van der Waals surface area contributed by atoms with E-state index in [9.17, 15) is 20.4 Å². The van der Waals surface area contributed by atoms with E-state index in [1.54, 1.807) is 0 Å². The minimum atomic E-state index is -2.61. The number of hydrogen-bond donors (Lipinski definition) is 12. The van der Waals surface area contributed by atoms with Gasteiger partial charge in [0.15, 0.2) is 0 Å². The van der Waals surface area contributed by atoms with Gasteiger partial charge in [0, 0.05) is 0 Å². The maximum Gasteiger partial charge on any atom is 0.334 e. The molecule has 0 saturated carbocycles. The molecule has 12 N–H and O–H groups in total. The fraction of sp³-hybridized carbons (Fsp3) is 0.657. The van der Waals surface area contributed by atoms with Crippen molar-refractivity contribution >= 4 is 34.4 Å². The van der Waals surface area contributed by atoms with E-state index in [1.165, 1.54) is 11.1 Å². The molecule has 0 amide bonds. The van der Waals surface area contributed by atoms with Gasteiger partial charge in [0.05, 0.1) is 25.2 Å². The zero-order valence-electron chi connectivity index (χ0n) is 33.4. The minimum absolute atomic E-state index is 0.221. The van der Waals surface area contributed by atoms with Crippen molar-refractivity contribution in [1.29, 1.82) is 0 Å². The molecule has 0 aliphatic carbocycles. The molecule has 53 heavy (non-hydrogen) atoms. The zero-order chi connectivity index (χ0) is 42.3. The Balaban J connectivity index is 0.00000162. The fourth-order valence-electron chi connectivity index (χ4n) is 6.37. The standard InChI is InChI=1S/C35H56O4.2H4O5P2/c1-22-26(30(3,4)5)15-24(16-27(22)31(6,7)8)35(39,34(19-36,20-37)21-38)25-17-28(32(9,10)11)23(2)29(18-25)33(12,13)14;2*1-6(2)5-7(3)4/h15-18,36-39H,19-21H2,1-14H3;2*1-4H. The second-order valence-electron chi connectivity index (χ2n) is 17.0. The van der Waals surface area contributed by atoms with Crippen molar-refractivity contribution in [2.24, 2.45) is 5.41 Å². The highest BCUT2D eigenvalue weighted by molar-refractivity contribution is 7.53. The van der Waals surface area contributed by atoms with Gasteiger partial charge in [0.1, 0.15) is 5.60 Å². The largest absolute Gasteiger partial charge is 0.395 e. The molecule has 0 heterocycles. The third kappa shape index (κ3) is 14.5. The van der Waals surface area contributed by atoms with Crippen LogP contribution in [0.2, 0.25) is 0 Å². The van der Waals surface area contributed by atoms with Crippen LogP contribution in [0.25, 0.3) is 0 Å². The van der Waals surface area contributed by atoms with Gasteiger partial charge in [0.2, 0.25) is 0 Å². The molecule has 0 fully saturated rings. The minimum Gasteiger partial charge on any atom is -0.395 e. The lowest BCUT2D eigenvalue weighted by atomic mass is 9.62. The smallest absolute Gasteiger partial charge is 0.334 e. The van der Waals surface area contributed by atoms with Gasteiger partial charge < -0.3 is 59.6 Å². The van der Waals surface area contributed by atoms with Crippen molar-refractivity contribution < 1.29 is 68.2 Å². The Hall–Kier alpha value is -0.400. The predicted molar refractivity (Wildman–Crippen MR) is 211 cm³/mol. The van der Waals surface area contributed by atoms with Crippen LogP contribution < -0.4 is 0 Å². The Bertz CT molecular complexity index is 1250. The summed E-state index contributed by atoms with van der Waals surface area (Å²) < 4.78 is 7.20. The van der Waals surface area contributed by atoms with Gasteiger partial charge in [-0.2, -0.15) is 0 Å². The van der Waals surface area contributed by atoms with Crippen molar-refractivity contribution in [1.82, 2.24) is 0 Å². The van der Waals surface area contributed by atoms with Gasteiger partial charge in [-0.25, -0.2) is 8.62 Å². The monoisotopic (exact) mass is 832 g/mol. The van der Waals surface area contributed by atoms with Crippen molar-refractivity contribution in [3.63, 3.8) is 0 Å². The molecule has 0 radical (unpaired) electrons. The second kappa shape index (κ2) is 20.3. The van der Waals surface area contributed by atoms with E-state index in [4.69, 9.17) is 39.1 Å². The van der Waals surface area contributed by atoms with Crippen molar-refractivity contribution in [3.05, 3.63) is 68.8 Å². The maximum atomic E-state index is 13.1. The summed E-state index contributed by atoms with van der Waals surface area (Å²) in [6.45, 7) is 28.3. The Labute approximate surface area is 320 Å². The van der Waals surface area contributed by atoms with Crippen LogP contribution in [-0.2, 0) is 35.9 Å². The summed E-state index contributed by atoms with van der Waals surface area (Å²) in [5.74, 6) is 0. The Morgan fingerprint density at radius 1 is 0.434 bits per heavy atom. The Morgan fingerprint density at radius 2 is 0.623 bits per heavy atom. The number of benzene rings is 2. The van der Waals surface area contributed by atoms with Crippen LogP contribution in [0.4, 0.5) is 0 Å². The van der Waals surface area contributed by atoms with Crippen LogP contribution >= 0.6 is 34.4 Å². The third-order valence-corrected chi connectivity index (χ3v) is 11.2. The van der Waals surface area contributed by atoms with Crippen LogP contribution in [0, 0.1) is 19.3 Å². The maximum absolute atomic E-state index is 13.1. The average Bonchev–Trinajstić information content (AvgIpc) is 2.95. The molecule has 0 aliphatic rings. The highest BCUT2D eigenvalue weighted by atomic mass is 31.2. The number of aliphatic hydroxyl groups is 4. The summed E-state index contributed by atoms with van der Waals surface area (Å²) in [7, 11) is -10.4. The number of hydrogen-bond acceptors (Lipinski definition) is 14. The Kier molecular flexibility index (Phi) is 20.2. The summed E-state index contributed by atoms with van der Waals surface area (Å²) in [6.07, 6.45) is 0. The highest BCUT2D eigenvalue weighted by Gasteiger charge is 2.53. The molecule has 2 aromatic carbocycles. The molecule has 2 aromatic rings. The van der Waals surface area contributed by atoms with E-state index in [-0.39, 0.29) is 21.7 Å². The molecular formula is C35H64O14P4. The fourth-order valence-corrected chi connectivity index (χ4v) is 7.41. The van der Waals surface area contributed by atoms with E-state index < -0.39 is 65.2 Å². The summed E-state index contributed by atoms with van der Waals surface area (Å²) in [5, 5.41) is 45.5.